The van der Waals surface area contributed by atoms with Gasteiger partial charge in [0.15, 0.2) is 0 Å². The van der Waals surface area contributed by atoms with Crippen LogP contribution in [0.25, 0.3) is 0 Å². The third-order valence-corrected chi connectivity index (χ3v) is 3.15. The highest BCUT2D eigenvalue weighted by Gasteiger charge is 2.26. The lowest BCUT2D eigenvalue weighted by Gasteiger charge is -2.36. The van der Waals surface area contributed by atoms with E-state index in [-0.39, 0.29) is 31.0 Å². The zero-order valence-electron chi connectivity index (χ0n) is 12.9. The molecule has 7 heteroatoms. The SMILES string of the molecule is CC(C)(C)N(Cc1ccc([N+](=O)[O-])cc1)C(=O)CCC(=O)O. The highest BCUT2D eigenvalue weighted by molar-refractivity contribution is 5.81. The van der Waals surface area contributed by atoms with Crippen molar-refractivity contribution in [3.05, 3.63) is 39.9 Å². The Hall–Kier alpha value is -2.44. The number of hydrogen-bond acceptors (Lipinski definition) is 4. The fraction of sp³-hybridized carbons (Fsp3) is 0.467. The first-order chi connectivity index (χ1) is 10.1. The molecule has 0 fully saturated rings. The summed E-state index contributed by atoms with van der Waals surface area (Å²) in [7, 11) is 0. The number of amides is 1. The van der Waals surface area contributed by atoms with Crippen molar-refractivity contribution in [2.75, 3.05) is 0 Å². The Balaban J connectivity index is 2.87. The molecule has 0 aromatic heterocycles. The molecule has 22 heavy (non-hydrogen) atoms. The van der Waals surface area contributed by atoms with Gasteiger partial charge in [0.25, 0.3) is 5.69 Å². The van der Waals surface area contributed by atoms with Gasteiger partial charge in [0.05, 0.1) is 11.3 Å². The number of nitro groups is 1. The molecule has 1 amide bonds. The summed E-state index contributed by atoms with van der Waals surface area (Å²) in [5, 5.41) is 19.3. The number of rotatable bonds is 6. The Morgan fingerprint density at radius 2 is 1.73 bits per heavy atom. The normalized spacial score (nSPS) is 11.0. The van der Waals surface area contributed by atoms with Crippen LogP contribution in [-0.4, -0.2) is 32.3 Å². The molecule has 0 aliphatic heterocycles. The number of carbonyl (C=O) groups excluding carboxylic acids is 1. The monoisotopic (exact) mass is 308 g/mol. The van der Waals surface area contributed by atoms with E-state index in [2.05, 4.69) is 0 Å². The Morgan fingerprint density at radius 3 is 2.14 bits per heavy atom. The summed E-state index contributed by atoms with van der Waals surface area (Å²) in [5.74, 6) is -1.27. The molecule has 0 aliphatic rings. The summed E-state index contributed by atoms with van der Waals surface area (Å²) < 4.78 is 0. The second kappa shape index (κ2) is 7.02. The number of carboxylic acid groups (broad SMARTS) is 1. The van der Waals surface area contributed by atoms with Gasteiger partial charge in [0.1, 0.15) is 0 Å². The van der Waals surface area contributed by atoms with Gasteiger partial charge in [-0.1, -0.05) is 12.1 Å². The van der Waals surface area contributed by atoms with Gasteiger partial charge in [-0.05, 0) is 26.3 Å². The van der Waals surface area contributed by atoms with Gasteiger partial charge >= 0.3 is 5.97 Å². The Labute approximate surface area is 128 Å². The number of benzene rings is 1. The van der Waals surface area contributed by atoms with Crippen molar-refractivity contribution < 1.29 is 19.6 Å². The van der Waals surface area contributed by atoms with Gasteiger partial charge in [-0.25, -0.2) is 0 Å². The van der Waals surface area contributed by atoms with E-state index in [1.807, 2.05) is 20.8 Å². The molecule has 0 atom stereocenters. The third-order valence-electron chi connectivity index (χ3n) is 3.15. The van der Waals surface area contributed by atoms with Crippen molar-refractivity contribution in [1.82, 2.24) is 4.90 Å². The van der Waals surface area contributed by atoms with E-state index in [0.717, 1.165) is 5.56 Å². The summed E-state index contributed by atoms with van der Waals surface area (Å²) in [4.78, 5) is 34.6. The standard InChI is InChI=1S/C15H20N2O5/c1-15(2,3)16(13(18)8-9-14(19)20)10-11-4-6-12(7-5-11)17(21)22/h4-7H,8-10H2,1-3H3,(H,19,20). The molecular formula is C15H20N2O5. The molecule has 0 saturated heterocycles. The number of carbonyl (C=O) groups is 2. The van der Waals surface area contributed by atoms with Gasteiger partial charge < -0.3 is 10.0 Å². The van der Waals surface area contributed by atoms with Crippen LogP contribution >= 0.6 is 0 Å². The predicted octanol–water partition coefficient (Wildman–Crippen LogP) is 2.59. The maximum atomic E-state index is 12.2. The van der Waals surface area contributed by atoms with Crippen molar-refractivity contribution in [2.24, 2.45) is 0 Å². The smallest absolute Gasteiger partial charge is 0.303 e. The van der Waals surface area contributed by atoms with Crippen LogP contribution in [0, 0.1) is 10.1 Å². The summed E-state index contributed by atoms with van der Waals surface area (Å²) >= 11 is 0. The van der Waals surface area contributed by atoms with E-state index in [9.17, 15) is 19.7 Å². The molecule has 0 spiro atoms. The molecule has 0 aliphatic carbocycles. The molecule has 1 rings (SSSR count). The predicted molar refractivity (Wildman–Crippen MR) is 80.3 cm³/mol. The minimum absolute atomic E-state index is 0.0109. The summed E-state index contributed by atoms with van der Waals surface area (Å²) in [6.07, 6.45) is -0.286. The van der Waals surface area contributed by atoms with Gasteiger partial charge in [0, 0.05) is 30.6 Å². The van der Waals surface area contributed by atoms with E-state index < -0.39 is 16.4 Å². The van der Waals surface area contributed by atoms with Gasteiger partial charge in [-0.15, -0.1) is 0 Å². The first kappa shape index (κ1) is 17.6. The number of aliphatic carboxylic acids is 1. The van der Waals surface area contributed by atoms with Gasteiger partial charge in [0.2, 0.25) is 5.91 Å². The fourth-order valence-electron chi connectivity index (χ4n) is 1.95. The molecule has 0 heterocycles. The molecule has 0 radical (unpaired) electrons. The molecule has 1 aromatic carbocycles. The lowest BCUT2D eigenvalue weighted by atomic mass is 10.0. The fourth-order valence-corrected chi connectivity index (χ4v) is 1.95. The molecule has 1 N–H and O–H groups in total. The van der Waals surface area contributed by atoms with Crippen LogP contribution in [0.1, 0.15) is 39.2 Å². The topological polar surface area (TPSA) is 101 Å². The number of hydrogen-bond donors (Lipinski definition) is 1. The maximum absolute atomic E-state index is 12.2. The van der Waals surface area contributed by atoms with Crippen LogP contribution in [0.15, 0.2) is 24.3 Å². The number of nitrogens with zero attached hydrogens (tertiary/aromatic N) is 2. The van der Waals surface area contributed by atoms with Crippen molar-refractivity contribution >= 4 is 17.6 Å². The van der Waals surface area contributed by atoms with E-state index in [1.54, 1.807) is 17.0 Å². The largest absolute Gasteiger partial charge is 0.481 e. The first-order valence-electron chi connectivity index (χ1n) is 6.87. The molecule has 120 valence electrons. The van der Waals surface area contributed by atoms with Gasteiger partial charge in [-0.3, -0.25) is 19.7 Å². The average Bonchev–Trinajstić information content (AvgIpc) is 2.41. The molecule has 1 aromatic rings. The zero-order valence-corrected chi connectivity index (χ0v) is 12.9. The first-order valence-corrected chi connectivity index (χ1v) is 6.87. The Morgan fingerprint density at radius 1 is 1.18 bits per heavy atom. The lowest BCUT2D eigenvalue weighted by Crippen LogP contribution is -2.45. The number of nitro benzene ring substituents is 1. The van der Waals surface area contributed by atoms with Crippen molar-refractivity contribution in [3.8, 4) is 0 Å². The Kier molecular flexibility index (Phi) is 5.62. The van der Waals surface area contributed by atoms with Crippen LogP contribution in [0.3, 0.4) is 0 Å². The van der Waals surface area contributed by atoms with Crippen LogP contribution in [0.5, 0.6) is 0 Å². The van der Waals surface area contributed by atoms with Crippen LogP contribution in [0.4, 0.5) is 5.69 Å². The highest BCUT2D eigenvalue weighted by atomic mass is 16.6. The lowest BCUT2D eigenvalue weighted by molar-refractivity contribution is -0.384. The summed E-state index contributed by atoms with van der Waals surface area (Å²) in [6.45, 7) is 5.85. The minimum atomic E-state index is -1.02. The van der Waals surface area contributed by atoms with Crippen LogP contribution in [-0.2, 0) is 16.1 Å². The molecule has 0 saturated carbocycles. The third kappa shape index (κ3) is 5.16. The van der Waals surface area contributed by atoms with E-state index >= 15 is 0 Å². The van der Waals surface area contributed by atoms with E-state index in [1.165, 1.54) is 12.1 Å². The van der Waals surface area contributed by atoms with Crippen LogP contribution in [0.2, 0.25) is 0 Å². The molecular weight excluding hydrogens is 288 g/mol. The Bertz CT molecular complexity index is 560. The highest BCUT2D eigenvalue weighted by Crippen LogP contribution is 2.20. The zero-order chi connectivity index (χ0) is 16.9. The second-order valence-corrected chi connectivity index (χ2v) is 5.97. The molecule has 0 unspecified atom stereocenters. The van der Waals surface area contributed by atoms with Crippen molar-refractivity contribution in [2.45, 2.75) is 45.7 Å². The molecule has 0 bridgehead atoms. The van der Waals surface area contributed by atoms with Crippen molar-refractivity contribution in [3.63, 3.8) is 0 Å². The van der Waals surface area contributed by atoms with E-state index in [0.29, 0.717) is 0 Å². The van der Waals surface area contributed by atoms with Crippen LogP contribution < -0.4 is 0 Å². The second-order valence-electron chi connectivity index (χ2n) is 5.97. The van der Waals surface area contributed by atoms with Gasteiger partial charge in [-0.2, -0.15) is 0 Å². The van der Waals surface area contributed by atoms with E-state index in [4.69, 9.17) is 5.11 Å². The average molecular weight is 308 g/mol. The van der Waals surface area contributed by atoms with Crippen molar-refractivity contribution in [1.29, 1.82) is 0 Å². The maximum Gasteiger partial charge on any atom is 0.303 e. The number of non-ortho nitro benzene ring substituents is 1. The summed E-state index contributed by atoms with van der Waals surface area (Å²) in [5.41, 5.74) is 0.268. The summed E-state index contributed by atoms with van der Waals surface area (Å²) in [6, 6.07) is 5.97. The quantitative estimate of drug-likeness (QED) is 0.643. The minimum Gasteiger partial charge on any atom is -0.481 e. The molecule has 7 nitrogen and oxygen atoms in total. The number of carboxylic acids is 1.